The van der Waals surface area contributed by atoms with Crippen LogP contribution in [0.25, 0.3) is 0 Å². The topological polar surface area (TPSA) is 70.5 Å². The van der Waals surface area contributed by atoms with Crippen molar-refractivity contribution in [3.05, 3.63) is 35.8 Å². The maximum absolute atomic E-state index is 11.0. The number of nitrogens with zero attached hydrogens (tertiary/aromatic N) is 2. The van der Waals surface area contributed by atoms with E-state index in [2.05, 4.69) is 4.98 Å². The van der Waals surface area contributed by atoms with Gasteiger partial charge >= 0.3 is 6.09 Å². The number of hydrogen-bond acceptors (Lipinski definition) is 4. The van der Waals surface area contributed by atoms with E-state index in [-0.39, 0.29) is 5.70 Å². The van der Waals surface area contributed by atoms with Crippen molar-refractivity contribution in [2.45, 2.75) is 5.37 Å². The highest BCUT2D eigenvalue weighted by atomic mass is 32.2. The number of hydrogen-bond donors (Lipinski definition) is 1. The Morgan fingerprint density at radius 3 is 3.06 bits per heavy atom. The molecule has 1 aromatic heterocycles. The molecule has 2 rings (SSSR count). The zero-order chi connectivity index (χ0) is 11.5. The molecule has 0 radical (unpaired) electrons. The first kappa shape index (κ1) is 10.7. The second-order valence-corrected chi connectivity index (χ2v) is 4.22. The summed E-state index contributed by atoms with van der Waals surface area (Å²) in [6.07, 6.45) is 2.07. The Bertz CT molecular complexity index is 456. The van der Waals surface area contributed by atoms with Crippen molar-refractivity contribution in [2.75, 3.05) is 5.75 Å². The number of carbonyl (C=O) groups is 1. The molecule has 0 saturated carbocycles. The molecule has 0 aliphatic carbocycles. The summed E-state index contributed by atoms with van der Waals surface area (Å²) in [4.78, 5) is 26.6. The monoisotopic (exact) mass is 236 g/mol. The Labute approximate surface area is 95.8 Å². The molecule has 1 unspecified atom stereocenters. The molecule has 1 aliphatic rings. The number of rotatable bonds is 1. The number of carboxylic acid groups (broad SMARTS) is 1. The van der Waals surface area contributed by atoms with Crippen LogP contribution in [-0.2, 0) is 4.79 Å². The highest BCUT2D eigenvalue weighted by Crippen LogP contribution is 2.41. The van der Waals surface area contributed by atoms with E-state index in [9.17, 15) is 9.59 Å². The van der Waals surface area contributed by atoms with Gasteiger partial charge < -0.3 is 5.11 Å². The van der Waals surface area contributed by atoms with Gasteiger partial charge in [-0.1, -0.05) is 6.07 Å². The average molecular weight is 236 g/mol. The molecular formula is C10H8N2O3S. The molecule has 1 aromatic rings. The molecule has 1 saturated heterocycles. The third-order valence-electron chi connectivity index (χ3n) is 2.20. The summed E-state index contributed by atoms with van der Waals surface area (Å²) in [6.45, 7) is 0. The van der Waals surface area contributed by atoms with E-state index in [4.69, 9.17) is 5.11 Å². The summed E-state index contributed by atoms with van der Waals surface area (Å²) in [7, 11) is 0. The lowest BCUT2D eigenvalue weighted by Gasteiger charge is -2.19. The number of carbonyl (C=O) groups excluding carboxylic acids is 1. The first-order valence-corrected chi connectivity index (χ1v) is 5.56. The molecule has 0 bridgehead atoms. The van der Waals surface area contributed by atoms with Crippen LogP contribution in [0.4, 0.5) is 4.79 Å². The van der Waals surface area contributed by atoms with Crippen LogP contribution in [0, 0.1) is 0 Å². The molecule has 0 aromatic carbocycles. The van der Waals surface area contributed by atoms with Crippen molar-refractivity contribution in [2.24, 2.45) is 0 Å². The molecule has 16 heavy (non-hydrogen) atoms. The molecule has 1 atom stereocenters. The van der Waals surface area contributed by atoms with Gasteiger partial charge in [0, 0.05) is 23.7 Å². The van der Waals surface area contributed by atoms with Gasteiger partial charge in [0.1, 0.15) is 17.0 Å². The number of amides is 1. The second-order valence-electron chi connectivity index (χ2n) is 3.15. The Balaban J connectivity index is 2.36. The van der Waals surface area contributed by atoms with E-state index >= 15 is 0 Å². The van der Waals surface area contributed by atoms with Crippen molar-refractivity contribution in [1.82, 2.24) is 9.88 Å². The third kappa shape index (κ3) is 1.80. The van der Waals surface area contributed by atoms with Crippen LogP contribution in [0.5, 0.6) is 0 Å². The standard InChI is InChI=1S/C10H8N2O3S/c13-5-8-6-16-9(12(8)10(14)15)7-2-1-3-11-4-7/h1-4,9H,6H2,(H,14,15). The summed E-state index contributed by atoms with van der Waals surface area (Å²) in [6, 6.07) is 3.52. The van der Waals surface area contributed by atoms with Gasteiger partial charge in [0.05, 0.1) is 0 Å². The van der Waals surface area contributed by atoms with E-state index in [0.717, 1.165) is 10.5 Å². The fourth-order valence-corrected chi connectivity index (χ4v) is 2.72. The third-order valence-corrected chi connectivity index (χ3v) is 3.44. The van der Waals surface area contributed by atoms with E-state index < -0.39 is 11.5 Å². The van der Waals surface area contributed by atoms with Gasteiger partial charge in [0.15, 0.2) is 0 Å². The van der Waals surface area contributed by atoms with Crippen LogP contribution in [0.2, 0.25) is 0 Å². The minimum absolute atomic E-state index is 0.159. The molecule has 82 valence electrons. The van der Waals surface area contributed by atoms with Gasteiger partial charge in [-0.05, 0) is 6.07 Å². The minimum Gasteiger partial charge on any atom is -0.465 e. The predicted octanol–water partition coefficient (Wildman–Crippen LogP) is 1.52. The van der Waals surface area contributed by atoms with Crippen molar-refractivity contribution in [1.29, 1.82) is 0 Å². The van der Waals surface area contributed by atoms with E-state index in [1.807, 2.05) is 0 Å². The minimum atomic E-state index is -1.14. The smallest absolute Gasteiger partial charge is 0.413 e. The van der Waals surface area contributed by atoms with Crippen LogP contribution in [0.15, 0.2) is 30.2 Å². The van der Waals surface area contributed by atoms with Gasteiger partial charge in [-0.25, -0.2) is 9.59 Å². The van der Waals surface area contributed by atoms with Crippen LogP contribution in [0.3, 0.4) is 0 Å². The fraction of sp³-hybridized carbons (Fsp3) is 0.200. The Hall–Kier alpha value is -1.78. The maximum Gasteiger partial charge on any atom is 0.413 e. The summed E-state index contributed by atoms with van der Waals surface area (Å²) >= 11 is 1.37. The zero-order valence-electron chi connectivity index (χ0n) is 8.16. The van der Waals surface area contributed by atoms with Gasteiger partial charge in [0.25, 0.3) is 0 Å². The largest absolute Gasteiger partial charge is 0.465 e. The van der Waals surface area contributed by atoms with Crippen molar-refractivity contribution >= 4 is 23.8 Å². The molecule has 2 heterocycles. The van der Waals surface area contributed by atoms with E-state index in [0.29, 0.717) is 5.75 Å². The van der Waals surface area contributed by atoms with Crippen molar-refractivity contribution in [3.63, 3.8) is 0 Å². The maximum atomic E-state index is 11.0. The van der Waals surface area contributed by atoms with Crippen LogP contribution < -0.4 is 0 Å². The Morgan fingerprint density at radius 2 is 2.50 bits per heavy atom. The van der Waals surface area contributed by atoms with Gasteiger partial charge in [-0.15, -0.1) is 11.8 Å². The van der Waals surface area contributed by atoms with Gasteiger partial charge in [-0.2, -0.15) is 0 Å². The number of aromatic nitrogens is 1. The first-order valence-electron chi connectivity index (χ1n) is 4.51. The average Bonchev–Trinajstić information content (AvgIpc) is 2.73. The molecule has 1 fully saturated rings. The molecule has 5 nitrogen and oxygen atoms in total. The van der Waals surface area contributed by atoms with Gasteiger partial charge in [-0.3, -0.25) is 9.88 Å². The zero-order valence-corrected chi connectivity index (χ0v) is 8.98. The molecule has 6 heteroatoms. The summed E-state index contributed by atoms with van der Waals surface area (Å²) in [5.41, 5.74) is 0.923. The van der Waals surface area contributed by atoms with E-state index in [1.165, 1.54) is 11.8 Å². The normalized spacial score (nSPS) is 19.6. The summed E-state index contributed by atoms with van der Waals surface area (Å²) in [5.74, 6) is 2.02. The molecular weight excluding hydrogens is 228 g/mol. The lowest BCUT2D eigenvalue weighted by atomic mass is 10.2. The lowest BCUT2D eigenvalue weighted by Crippen LogP contribution is -2.27. The first-order chi connectivity index (χ1) is 7.74. The highest BCUT2D eigenvalue weighted by molar-refractivity contribution is 8.00. The molecule has 1 N–H and O–H groups in total. The Kier molecular flexibility index (Phi) is 2.94. The van der Waals surface area contributed by atoms with Crippen molar-refractivity contribution < 1.29 is 14.7 Å². The lowest BCUT2D eigenvalue weighted by molar-refractivity contribution is 0.158. The number of thioether (sulfide) groups is 1. The van der Waals surface area contributed by atoms with Crippen LogP contribution in [0.1, 0.15) is 10.9 Å². The Morgan fingerprint density at radius 1 is 1.69 bits per heavy atom. The molecule has 1 aliphatic heterocycles. The molecule has 0 spiro atoms. The quantitative estimate of drug-likeness (QED) is 0.748. The fourth-order valence-electron chi connectivity index (χ4n) is 1.51. The summed E-state index contributed by atoms with van der Waals surface area (Å²) in [5, 5.41) is 8.64. The predicted molar refractivity (Wildman–Crippen MR) is 58.5 cm³/mol. The highest BCUT2D eigenvalue weighted by Gasteiger charge is 2.35. The van der Waals surface area contributed by atoms with Gasteiger partial charge in [0.2, 0.25) is 0 Å². The second kappa shape index (κ2) is 4.38. The summed E-state index contributed by atoms with van der Waals surface area (Å²) < 4.78 is 0. The van der Waals surface area contributed by atoms with E-state index in [1.54, 1.807) is 30.5 Å². The SMILES string of the molecule is O=C=C1CSC(c2cccnc2)N1C(=O)O. The molecule has 1 amide bonds. The number of pyridine rings is 1. The van der Waals surface area contributed by atoms with Crippen LogP contribution >= 0.6 is 11.8 Å². The van der Waals surface area contributed by atoms with Crippen molar-refractivity contribution in [3.8, 4) is 0 Å². The van der Waals surface area contributed by atoms with Crippen LogP contribution in [-0.4, -0.2) is 32.8 Å².